The summed E-state index contributed by atoms with van der Waals surface area (Å²) in [6, 6.07) is 0. The first-order chi connectivity index (χ1) is 4.48. The molecule has 0 aliphatic rings. The minimum atomic E-state index is -1.86. The van der Waals surface area contributed by atoms with Crippen LogP contribution in [0, 0.1) is 0 Å². The highest BCUT2D eigenvalue weighted by atomic mass is 28.3. The molecule has 0 aromatic rings. The van der Waals surface area contributed by atoms with Gasteiger partial charge in [0, 0.05) is 0 Å². The highest BCUT2D eigenvalue weighted by Crippen LogP contribution is 2.02. The van der Waals surface area contributed by atoms with Crippen LogP contribution >= 0.6 is 0 Å². The Morgan fingerprint density at radius 1 is 1.60 bits per heavy atom. The predicted molar refractivity (Wildman–Crippen MR) is 39.5 cm³/mol. The van der Waals surface area contributed by atoms with Crippen LogP contribution in [0.15, 0.2) is 0 Å². The number of ether oxygens (including phenoxy) is 1. The minimum absolute atomic E-state index is 0.287. The maximum Gasteiger partial charge on any atom is 0.445 e. The SMILES string of the molecule is C[Si](C)(C)C(=O)OC=[N+]=[N-]. The third-order valence-corrected chi connectivity index (χ3v) is 2.16. The van der Waals surface area contributed by atoms with Gasteiger partial charge in [0.2, 0.25) is 0 Å². The fraction of sp³-hybridized carbons (Fsp3) is 0.600. The highest BCUT2D eigenvalue weighted by molar-refractivity contribution is 7.02. The quantitative estimate of drug-likeness (QED) is 0.200. The molecule has 0 fully saturated rings. The summed E-state index contributed by atoms with van der Waals surface area (Å²) in [5, 5.41) is 0. The van der Waals surface area contributed by atoms with Crippen molar-refractivity contribution in [1.82, 2.24) is 0 Å². The van der Waals surface area contributed by atoms with Crippen molar-refractivity contribution in [1.29, 1.82) is 0 Å². The summed E-state index contributed by atoms with van der Waals surface area (Å²) >= 11 is 0. The normalized spacial score (nSPS) is 9.90. The second kappa shape index (κ2) is 3.29. The van der Waals surface area contributed by atoms with Crippen LogP contribution in [0.4, 0.5) is 4.79 Å². The van der Waals surface area contributed by atoms with Crippen molar-refractivity contribution in [3.05, 3.63) is 5.53 Å². The van der Waals surface area contributed by atoms with Gasteiger partial charge in [0.05, 0.1) is 0 Å². The molecule has 0 unspecified atom stereocenters. The van der Waals surface area contributed by atoms with Gasteiger partial charge in [-0.05, 0) is 0 Å². The van der Waals surface area contributed by atoms with E-state index in [1.807, 2.05) is 19.6 Å². The third-order valence-electron chi connectivity index (χ3n) is 0.819. The largest absolute Gasteiger partial charge is 0.445 e. The van der Waals surface area contributed by atoms with Gasteiger partial charge in [0.15, 0.2) is 8.07 Å². The van der Waals surface area contributed by atoms with Gasteiger partial charge in [-0.1, -0.05) is 19.6 Å². The van der Waals surface area contributed by atoms with Gasteiger partial charge in [0.1, 0.15) is 0 Å². The lowest BCUT2D eigenvalue weighted by atomic mass is 11.4. The monoisotopic (exact) mass is 158 g/mol. The molecule has 56 valence electrons. The van der Waals surface area contributed by atoms with Crippen LogP contribution in [0.2, 0.25) is 19.6 Å². The Bertz CT molecular complexity index is 179. The molecular formula is C5H10N2O2Si. The van der Waals surface area contributed by atoms with Gasteiger partial charge in [-0.2, -0.15) is 0 Å². The number of hydrogen-bond donors (Lipinski definition) is 0. The Balaban J connectivity index is 3.98. The summed E-state index contributed by atoms with van der Waals surface area (Å²) in [6.07, 6.45) is 0.737. The molecule has 0 aromatic carbocycles. The van der Waals surface area contributed by atoms with Gasteiger partial charge >= 0.3 is 6.40 Å². The van der Waals surface area contributed by atoms with Crippen molar-refractivity contribution < 1.29 is 14.3 Å². The molecule has 0 saturated carbocycles. The average molecular weight is 158 g/mol. The standard InChI is InChI=1S/C5H10N2O2Si/c1-10(2,3)5(8)9-4-7-6/h4H,1-3H3. The molecule has 10 heavy (non-hydrogen) atoms. The molecule has 0 bridgehead atoms. The first-order valence-corrected chi connectivity index (χ1v) is 6.35. The van der Waals surface area contributed by atoms with Crippen LogP contribution in [-0.4, -0.2) is 24.9 Å². The van der Waals surface area contributed by atoms with Crippen molar-refractivity contribution >= 4 is 20.1 Å². The van der Waals surface area contributed by atoms with E-state index < -0.39 is 8.07 Å². The first kappa shape index (κ1) is 9.07. The first-order valence-electron chi connectivity index (χ1n) is 2.85. The van der Waals surface area contributed by atoms with E-state index in [0.717, 1.165) is 6.40 Å². The average Bonchev–Trinajstić information content (AvgIpc) is 1.80. The zero-order valence-corrected chi connectivity index (χ0v) is 7.29. The van der Waals surface area contributed by atoms with Crippen molar-refractivity contribution in [3.8, 4) is 0 Å². The van der Waals surface area contributed by atoms with Gasteiger partial charge in [-0.25, -0.2) is 0 Å². The van der Waals surface area contributed by atoms with E-state index in [0.29, 0.717) is 0 Å². The maximum absolute atomic E-state index is 10.9. The Morgan fingerprint density at radius 3 is 2.40 bits per heavy atom. The zero-order chi connectivity index (χ0) is 8.20. The summed E-state index contributed by atoms with van der Waals surface area (Å²) in [5.74, 6) is 0. The number of carbonyl (C=O) groups excluding carboxylic acids is 1. The van der Waals surface area contributed by atoms with Crippen molar-refractivity contribution in [3.63, 3.8) is 0 Å². The Kier molecular flexibility index (Phi) is 2.98. The smallest absolute Gasteiger partial charge is 0.370 e. The van der Waals surface area contributed by atoms with Crippen LogP contribution in [0.1, 0.15) is 0 Å². The van der Waals surface area contributed by atoms with Crippen LogP contribution in [0.25, 0.3) is 5.53 Å². The van der Waals surface area contributed by atoms with Crippen molar-refractivity contribution in [2.45, 2.75) is 19.6 Å². The molecule has 0 atom stereocenters. The van der Waals surface area contributed by atoms with E-state index in [4.69, 9.17) is 5.53 Å². The molecular weight excluding hydrogens is 148 g/mol. The summed E-state index contributed by atoms with van der Waals surface area (Å²) in [7, 11) is -1.86. The molecule has 0 aliphatic carbocycles. The molecule has 0 spiro atoms. The summed E-state index contributed by atoms with van der Waals surface area (Å²) < 4.78 is 4.44. The second-order valence-electron chi connectivity index (χ2n) is 2.88. The van der Waals surface area contributed by atoms with E-state index in [1.54, 1.807) is 0 Å². The Labute approximate surface area is 60.4 Å². The van der Waals surface area contributed by atoms with Crippen LogP contribution in [0.3, 0.4) is 0 Å². The lowest BCUT2D eigenvalue weighted by Crippen LogP contribution is -2.33. The molecule has 5 heteroatoms. The lowest BCUT2D eigenvalue weighted by Gasteiger charge is -2.08. The topological polar surface area (TPSA) is 62.7 Å². The lowest BCUT2D eigenvalue weighted by molar-refractivity contribution is -0.0183. The van der Waals surface area contributed by atoms with Crippen molar-refractivity contribution in [2.24, 2.45) is 0 Å². The van der Waals surface area contributed by atoms with E-state index in [1.165, 1.54) is 0 Å². The molecule has 0 saturated heterocycles. The van der Waals surface area contributed by atoms with E-state index in [-0.39, 0.29) is 5.59 Å². The zero-order valence-electron chi connectivity index (χ0n) is 6.29. The maximum atomic E-state index is 10.9. The minimum Gasteiger partial charge on any atom is -0.370 e. The van der Waals surface area contributed by atoms with Crippen LogP contribution < -0.4 is 0 Å². The number of nitrogens with zero attached hydrogens (tertiary/aromatic N) is 2. The fourth-order valence-corrected chi connectivity index (χ4v) is 0.654. The molecule has 0 heterocycles. The van der Waals surface area contributed by atoms with Crippen molar-refractivity contribution in [2.75, 3.05) is 0 Å². The van der Waals surface area contributed by atoms with Gasteiger partial charge in [0.25, 0.3) is 5.59 Å². The summed E-state index contributed by atoms with van der Waals surface area (Å²) in [6.45, 7) is 5.54. The van der Waals surface area contributed by atoms with E-state index >= 15 is 0 Å². The fourth-order valence-electron chi connectivity index (χ4n) is 0.248. The number of hydrogen-bond acceptors (Lipinski definition) is 2. The molecule has 4 nitrogen and oxygen atoms in total. The van der Waals surface area contributed by atoms with Gasteiger partial charge < -0.3 is 10.3 Å². The van der Waals surface area contributed by atoms with E-state index in [2.05, 4.69) is 9.53 Å². The Morgan fingerprint density at radius 2 is 2.10 bits per heavy atom. The third kappa shape index (κ3) is 3.16. The van der Waals surface area contributed by atoms with Gasteiger partial charge in [-0.3, -0.25) is 4.79 Å². The molecule has 0 rings (SSSR count). The summed E-state index contributed by atoms with van der Waals surface area (Å²) in [4.78, 5) is 13.4. The highest BCUT2D eigenvalue weighted by Gasteiger charge is 2.26. The number of rotatable bonds is 2. The molecule has 0 N–H and O–H groups in total. The second-order valence-corrected chi connectivity index (χ2v) is 7.78. The van der Waals surface area contributed by atoms with E-state index in [9.17, 15) is 4.79 Å². The summed E-state index contributed by atoms with van der Waals surface area (Å²) in [5.41, 5.74) is 7.60. The Hall–Kier alpha value is -0.933. The molecule has 0 amide bonds. The molecule has 0 aromatic heterocycles. The predicted octanol–water partition coefficient (Wildman–Crippen LogP) is 1.30. The molecule has 0 radical (unpaired) electrons. The number of carbonyl (C=O) groups is 1. The molecule has 0 aliphatic heterocycles. The van der Waals surface area contributed by atoms with Crippen LogP contribution in [-0.2, 0) is 4.74 Å². The van der Waals surface area contributed by atoms with Crippen LogP contribution in [0.5, 0.6) is 0 Å². The van der Waals surface area contributed by atoms with Gasteiger partial charge in [-0.15, -0.1) is 4.79 Å².